The highest BCUT2D eigenvalue weighted by Gasteiger charge is 2.43. The van der Waals surface area contributed by atoms with Gasteiger partial charge in [-0.2, -0.15) is 4.31 Å². The summed E-state index contributed by atoms with van der Waals surface area (Å²) in [6, 6.07) is 23.3. The first-order valence-electron chi connectivity index (χ1n) is 10.3. The molecule has 5 rings (SSSR count). The van der Waals surface area contributed by atoms with E-state index in [1.807, 2.05) is 60.7 Å². The Morgan fingerprint density at radius 2 is 1.65 bits per heavy atom. The Labute approximate surface area is 182 Å². The zero-order valence-corrected chi connectivity index (χ0v) is 17.7. The summed E-state index contributed by atoms with van der Waals surface area (Å²) in [6.07, 6.45) is 1.50. The fraction of sp³-hybridized carbons (Fsp3) is 0.200. The minimum atomic E-state index is -3.77. The summed E-state index contributed by atoms with van der Waals surface area (Å²) in [4.78, 5) is 0.175. The van der Waals surface area contributed by atoms with Gasteiger partial charge in [-0.05, 0) is 35.8 Å². The second kappa shape index (κ2) is 7.96. The molecule has 0 fully saturated rings. The molecule has 0 amide bonds. The summed E-state index contributed by atoms with van der Waals surface area (Å²) in [5.41, 5.74) is 3.25. The first kappa shape index (κ1) is 20.0. The van der Waals surface area contributed by atoms with E-state index in [4.69, 9.17) is 4.74 Å². The third kappa shape index (κ3) is 3.67. The molecule has 2 aliphatic rings. The fourth-order valence-electron chi connectivity index (χ4n) is 4.36. The van der Waals surface area contributed by atoms with E-state index in [0.717, 1.165) is 22.4 Å². The summed E-state index contributed by atoms with van der Waals surface area (Å²) in [5.74, 6) is 0.814. The Kier molecular flexibility index (Phi) is 5.14. The van der Waals surface area contributed by atoms with Crippen molar-refractivity contribution in [1.29, 1.82) is 0 Å². The molecule has 0 bridgehead atoms. The van der Waals surface area contributed by atoms with Gasteiger partial charge in [-0.1, -0.05) is 66.7 Å². The molecule has 3 aromatic carbocycles. The van der Waals surface area contributed by atoms with E-state index in [1.54, 1.807) is 24.3 Å². The van der Waals surface area contributed by atoms with Crippen LogP contribution in [0, 0.1) is 0 Å². The second-order valence-electron chi connectivity index (χ2n) is 7.92. The van der Waals surface area contributed by atoms with Gasteiger partial charge in [-0.15, -0.1) is 0 Å². The molecule has 0 aliphatic carbocycles. The molecule has 0 radical (unpaired) electrons. The summed E-state index contributed by atoms with van der Waals surface area (Å²) in [6.45, 7) is 0.574. The number of ether oxygens (including phenoxy) is 1. The molecule has 2 heterocycles. The Bertz CT molecular complexity index is 1240. The number of hydrogen-bond donors (Lipinski definition) is 1. The summed E-state index contributed by atoms with van der Waals surface area (Å²) in [7, 11) is -3.77. The van der Waals surface area contributed by atoms with Crippen LogP contribution in [-0.4, -0.2) is 30.5 Å². The average Bonchev–Trinajstić information content (AvgIpc) is 2.80. The molecule has 2 aliphatic heterocycles. The van der Waals surface area contributed by atoms with Gasteiger partial charge >= 0.3 is 0 Å². The molecule has 0 aromatic heterocycles. The van der Waals surface area contributed by atoms with Crippen LogP contribution in [0.3, 0.4) is 0 Å². The lowest BCUT2D eigenvalue weighted by Gasteiger charge is -2.40. The van der Waals surface area contributed by atoms with E-state index in [1.165, 1.54) is 4.31 Å². The average molecular weight is 434 g/mol. The molecule has 0 saturated heterocycles. The van der Waals surface area contributed by atoms with Crippen molar-refractivity contribution < 1.29 is 18.3 Å². The van der Waals surface area contributed by atoms with Crippen molar-refractivity contribution in [2.24, 2.45) is 0 Å². The third-order valence-corrected chi connectivity index (χ3v) is 7.85. The maximum Gasteiger partial charge on any atom is 0.244 e. The number of sulfonamides is 1. The van der Waals surface area contributed by atoms with Gasteiger partial charge in [0.2, 0.25) is 10.0 Å². The third-order valence-electron chi connectivity index (χ3n) is 5.90. The Morgan fingerprint density at radius 1 is 0.935 bits per heavy atom. The second-order valence-corrected chi connectivity index (χ2v) is 9.78. The van der Waals surface area contributed by atoms with E-state index < -0.39 is 22.2 Å². The molecule has 0 unspecified atom stereocenters. The van der Waals surface area contributed by atoms with Crippen LogP contribution in [0.4, 0.5) is 0 Å². The number of nitrogens with zero attached hydrogens (tertiary/aromatic N) is 1. The minimum absolute atomic E-state index is 0.175. The van der Waals surface area contributed by atoms with Crippen LogP contribution in [0.5, 0.6) is 5.75 Å². The highest BCUT2D eigenvalue weighted by Crippen LogP contribution is 2.40. The van der Waals surface area contributed by atoms with Crippen LogP contribution in [0.1, 0.15) is 29.2 Å². The smallest absolute Gasteiger partial charge is 0.244 e. The Morgan fingerprint density at radius 3 is 2.48 bits per heavy atom. The Hall–Kier alpha value is -2.93. The van der Waals surface area contributed by atoms with Crippen molar-refractivity contribution in [2.75, 3.05) is 6.61 Å². The fourth-order valence-corrected chi connectivity index (χ4v) is 6.21. The number of aliphatic hydroxyl groups excluding tert-OH is 1. The molecule has 3 aromatic rings. The predicted octanol–water partition coefficient (Wildman–Crippen LogP) is 4.16. The van der Waals surface area contributed by atoms with Gasteiger partial charge in [-0.25, -0.2) is 8.42 Å². The zero-order chi connectivity index (χ0) is 21.4. The van der Waals surface area contributed by atoms with Crippen LogP contribution in [0.15, 0.2) is 89.3 Å². The van der Waals surface area contributed by atoms with Crippen molar-refractivity contribution in [1.82, 2.24) is 4.31 Å². The van der Waals surface area contributed by atoms with Gasteiger partial charge in [0.15, 0.2) is 0 Å². The largest absolute Gasteiger partial charge is 0.489 e. The van der Waals surface area contributed by atoms with Crippen LogP contribution in [0.2, 0.25) is 0 Å². The molecular formula is C25H23NO4S. The SMILES string of the molecule is O=S1(=O)c2ccccc2[C@@H](O)[C@@H](CC2=Cc3ccccc3OC2)N1Cc1ccccc1. The first-order chi connectivity index (χ1) is 15.0. The summed E-state index contributed by atoms with van der Waals surface area (Å²) < 4.78 is 34.4. The molecule has 6 heteroatoms. The van der Waals surface area contributed by atoms with E-state index in [0.29, 0.717) is 18.6 Å². The van der Waals surface area contributed by atoms with Crippen LogP contribution in [-0.2, 0) is 16.6 Å². The lowest BCUT2D eigenvalue weighted by atomic mass is 9.93. The molecule has 0 spiro atoms. The normalized spacial score (nSPS) is 22.0. The number of rotatable bonds is 4. The van der Waals surface area contributed by atoms with Crippen molar-refractivity contribution >= 4 is 16.1 Å². The van der Waals surface area contributed by atoms with Crippen LogP contribution >= 0.6 is 0 Å². The van der Waals surface area contributed by atoms with Crippen molar-refractivity contribution in [3.05, 3.63) is 101 Å². The van der Waals surface area contributed by atoms with E-state index in [2.05, 4.69) is 0 Å². The number of para-hydroxylation sites is 1. The molecule has 0 saturated carbocycles. The zero-order valence-electron chi connectivity index (χ0n) is 16.9. The maximum absolute atomic E-state index is 13.6. The van der Waals surface area contributed by atoms with Crippen molar-refractivity contribution in [3.8, 4) is 5.75 Å². The summed E-state index contributed by atoms with van der Waals surface area (Å²) in [5, 5.41) is 11.3. The molecule has 31 heavy (non-hydrogen) atoms. The van der Waals surface area contributed by atoms with Crippen LogP contribution in [0.25, 0.3) is 6.08 Å². The summed E-state index contributed by atoms with van der Waals surface area (Å²) >= 11 is 0. The standard InChI is InChI=1S/C25H23NO4S/c27-25-21-11-5-7-13-24(21)31(28,29)26(16-18-8-2-1-3-9-18)22(25)15-19-14-20-10-4-6-12-23(20)30-17-19/h1-14,22,25,27H,15-17H2/t22-,25-/m1/s1. The van der Waals surface area contributed by atoms with E-state index in [9.17, 15) is 13.5 Å². The lowest BCUT2D eigenvalue weighted by molar-refractivity contribution is 0.0757. The lowest BCUT2D eigenvalue weighted by Crippen LogP contribution is -2.47. The minimum Gasteiger partial charge on any atom is -0.489 e. The van der Waals surface area contributed by atoms with Gasteiger partial charge in [-0.3, -0.25) is 0 Å². The highest BCUT2D eigenvalue weighted by molar-refractivity contribution is 7.89. The number of aliphatic hydroxyl groups is 1. The number of benzene rings is 3. The highest BCUT2D eigenvalue weighted by atomic mass is 32.2. The van der Waals surface area contributed by atoms with Crippen molar-refractivity contribution in [3.63, 3.8) is 0 Å². The topological polar surface area (TPSA) is 66.8 Å². The quantitative estimate of drug-likeness (QED) is 0.671. The molecular weight excluding hydrogens is 410 g/mol. The molecule has 1 N–H and O–H groups in total. The maximum atomic E-state index is 13.6. The first-order valence-corrected chi connectivity index (χ1v) is 11.7. The van der Waals surface area contributed by atoms with Crippen LogP contribution < -0.4 is 4.74 Å². The van der Waals surface area contributed by atoms with Gasteiger partial charge in [0, 0.05) is 17.7 Å². The Balaban J connectivity index is 1.55. The van der Waals surface area contributed by atoms with Gasteiger partial charge in [0.1, 0.15) is 12.4 Å². The number of fused-ring (bicyclic) bond motifs is 2. The molecule has 2 atom stereocenters. The van der Waals surface area contributed by atoms with E-state index >= 15 is 0 Å². The number of hydrogen-bond acceptors (Lipinski definition) is 4. The van der Waals surface area contributed by atoms with Gasteiger partial charge in [0.25, 0.3) is 0 Å². The molecule has 158 valence electrons. The van der Waals surface area contributed by atoms with Gasteiger partial charge < -0.3 is 9.84 Å². The van der Waals surface area contributed by atoms with Crippen molar-refractivity contribution in [2.45, 2.75) is 30.0 Å². The monoisotopic (exact) mass is 433 g/mol. The molecule has 5 nitrogen and oxygen atoms in total. The van der Waals surface area contributed by atoms with Gasteiger partial charge in [0.05, 0.1) is 17.0 Å². The van der Waals surface area contributed by atoms with E-state index in [-0.39, 0.29) is 11.4 Å². The predicted molar refractivity (Wildman–Crippen MR) is 119 cm³/mol.